The Morgan fingerprint density at radius 2 is 2.38 bits per heavy atom. The van der Waals surface area contributed by atoms with Crippen LogP contribution in [0.3, 0.4) is 0 Å². The molecule has 1 fully saturated rings. The van der Waals surface area contributed by atoms with E-state index in [2.05, 4.69) is 20.4 Å². The first-order valence-corrected chi connectivity index (χ1v) is 8.49. The van der Waals surface area contributed by atoms with E-state index in [4.69, 9.17) is 4.42 Å². The van der Waals surface area contributed by atoms with Gasteiger partial charge in [0.05, 0.1) is 11.4 Å². The number of aromatic nitrogens is 2. The van der Waals surface area contributed by atoms with E-state index in [1.165, 1.54) is 25.7 Å². The molecule has 1 N–H and O–H groups in total. The van der Waals surface area contributed by atoms with Crippen molar-refractivity contribution in [3.8, 4) is 10.8 Å². The normalized spacial score (nSPS) is 20.0. The number of nitrogens with one attached hydrogen (secondary N) is 1. The predicted molar refractivity (Wildman–Crippen MR) is 84.2 cm³/mol. The molecule has 0 spiro atoms. The van der Waals surface area contributed by atoms with Crippen molar-refractivity contribution >= 4 is 11.3 Å². The highest BCUT2D eigenvalue weighted by Crippen LogP contribution is 2.25. The van der Waals surface area contributed by atoms with Crippen LogP contribution in [0.4, 0.5) is 0 Å². The van der Waals surface area contributed by atoms with Gasteiger partial charge in [-0.3, -0.25) is 4.90 Å². The third-order valence-electron chi connectivity index (χ3n) is 4.01. The lowest BCUT2D eigenvalue weighted by Crippen LogP contribution is -2.40. The summed E-state index contributed by atoms with van der Waals surface area (Å²) >= 11 is 1.63. The highest BCUT2D eigenvalue weighted by atomic mass is 32.1. The SMILES string of the molecule is CNCCC1CCCCN1Cc1nnc(-c2cccs2)o1. The first-order valence-electron chi connectivity index (χ1n) is 7.61. The minimum atomic E-state index is 0.628. The van der Waals surface area contributed by atoms with E-state index in [0.29, 0.717) is 11.9 Å². The van der Waals surface area contributed by atoms with Crippen molar-refractivity contribution < 1.29 is 4.42 Å². The molecule has 1 saturated heterocycles. The first-order chi connectivity index (χ1) is 10.4. The summed E-state index contributed by atoms with van der Waals surface area (Å²) in [6.07, 6.45) is 5.05. The maximum absolute atomic E-state index is 5.81. The lowest BCUT2D eigenvalue weighted by molar-refractivity contribution is 0.121. The van der Waals surface area contributed by atoms with E-state index in [9.17, 15) is 0 Å². The summed E-state index contributed by atoms with van der Waals surface area (Å²) < 4.78 is 5.81. The van der Waals surface area contributed by atoms with Crippen LogP contribution in [0.25, 0.3) is 10.8 Å². The fourth-order valence-corrected chi connectivity index (χ4v) is 3.54. The molecule has 0 saturated carbocycles. The van der Waals surface area contributed by atoms with Crippen LogP contribution in [0.15, 0.2) is 21.9 Å². The summed E-state index contributed by atoms with van der Waals surface area (Å²) in [4.78, 5) is 3.53. The monoisotopic (exact) mass is 306 g/mol. The number of thiophene rings is 1. The zero-order chi connectivity index (χ0) is 14.5. The Labute approximate surface area is 129 Å². The average molecular weight is 306 g/mol. The average Bonchev–Trinajstić information content (AvgIpc) is 3.17. The summed E-state index contributed by atoms with van der Waals surface area (Å²) in [5.74, 6) is 1.37. The van der Waals surface area contributed by atoms with Gasteiger partial charge in [-0.1, -0.05) is 12.5 Å². The lowest BCUT2D eigenvalue weighted by atomic mass is 9.99. The van der Waals surface area contributed by atoms with Crippen LogP contribution in [0.2, 0.25) is 0 Å². The molecule has 1 atom stereocenters. The predicted octanol–water partition coefficient (Wildman–Crippen LogP) is 2.76. The van der Waals surface area contributed by atoms with Gasteiger partial charge < -0.3 is 9.73 Å². The standard InChI is InChI=1S/C15H22N4OS/c1-16-8-7-12-5-2-3-9-19(12)11-14-17-18-15(20-14)13-6-4-10-21-13/h4,6,10,12,16H,2-3,5,7-9,11H2,1H3. The molecule has 0 radical (unpaired) electrons. The van der Waals surface area contributed by atoms with Gasteiger partial charge in [0.1, 0.15) is 0 Å². The van der Waals surface area contributed by atoms with Crippen LogP contribution in [-0.2, 0) is 6.54 Å². The van der Waals surface area contributed by atoms with E-state index in [1.54, 1.807) is 11.3 Å². The number of rotatable bonds is 6. The van der Waals surface area contributed by atoms with E-state index in [-0.39, 0.29) is 0 Å². The van der Waals surface area contributed by atoms with Crippen LogP contribution in [-0.4, -0.2) is 41.3 Å². The van der Waals surface area contributed by atoms with Crippen molar-refractivity contribution in [1.82, 2.24) is 20.4 Å². The van der Waals surface area contributed by atoms with E-state index >= 15 is 0 Å². The Balaban J connectivity index is 1.64. The second-order valence-corrected chi connectivity index (χ2v) is 6.44. The maximum Gasteiger partial charge on any atom is 0.257 e. The summed E-state index contributed by atoms with van der Waals surface area (Å²) in [7, 11) is 2.01. The molecule has 3 heterocycles. The quantitative estimate of drug-likeness (QED) is 0.889. The van der Waals surface area contributed by atoms with Crippen molar-refractivity contribution in [2.45, 2.75) is 38.3 Å². The summed E-state index contributed by atoms with van der Waals surface area (Å²) in [5, 5.41) is 13.7. The zero-order valence-corrected chi connectivity index (χ0v) is 13.2. The van der Waals surface area contributed by atoms with Crippen molar-refractivity contribution in [3.63, 3.8) is 0 Å². The molecule has 1 aliphatic rings. The Bertz CT molecular complexity index is 540. The van der Waals surface area contributed by atoms with Gasteiger partial charge in [0.15, 0.2) is 0 Å². The molecule has 0 aliphatic carbocycles. The van der Waals surface area contributed by atoms with Crippen LogP contribution in [0.5, 0.6) is 0 Å². The van der Waals surface area contributed by atoms with Crippen molar-refractivity contribution in [2.75, 3.05) is 20.1 Å². The fourth-order valence-electron chi connectivity index (χ4n) is 2.90. The summed E-state index contributed by atoms with van der Waals surface area (Å²) in [6.45, 7) is 2.96. The third kappa shape index (κ3) is 3.70. The van der Waals surface area contributed by atoms with Gasteiger partial charge in [0.2, 0.25) is 5.89 Å². The van der Waals surface area contributed by atoms with E-state index < -0.39 is 0 Å². The number of nitrogens with zero attached hydrogens (tertiary/aromatic N) is 3. The molecule has 5 nitrogen and oxygen atoms in total. The highest BCUT2D eigenvalue weighted by molar-refractivity contribution is 7.13. The second kappa shape index (κ2) is 7.15. The van der Waals surface area contributed by atoms with Gasteiger partial charge >= 0.3 is 0 Å². The molecule has 21 heavy (non-hydrogen) atoms. The van der Waals surface area contributed by atoms with Crippen LogP contribution in [0, 0.1) is 0 Å². The highest BCUT2D eigenvalue weighted by Gasteiger charge is 2.23. The number of hydrogen-bond acceptors (Lipinski definition) is 6. The van der Waals surface area contributed by atoms with Gasteiger partial charge in [-0.2, -0.15) is 0 Å². The molecule has 2 aromatic rings. The first kappa shape index (κ1) is 14.7. The summed E-state index contributed by atoms with van der Waals surface area (Å²) in [5.41, 5.74) is 0. The third-order valence-corrected chi connectivity index (χ3v) is 4.87. The van der Waals surface area contributed by atoms with Crippen LogP contribution >= 0.6 is 11.3 Å². The fraction of sp³-hybridized carbons (Fsp3) is 0.600. The van der Waals surface area contributed by atoms with Gasteiger partial charge in [0, 0.05) is 6.04 Å². The molecule has 1 aliphatic heterocycles. The van der Waals surface area contributed by atoms with Crippen molar-refractivity contribution in [1.29, 1.82) is 0 Å². The smallest absolute Gasteiger partial charge is 0.257 e. The molecule has 6 heteroatoms. The Morgan fingerprint density at radius 3 is 3.19 bits per heavy atom. The topological polar surface area (TPSA) is 54.2 Å². The minimum Gasteiger partial charge on any atom is -0.419 e. The molecule has 3 rings (SSSR count). The maximum atomic E-state index is 5.81. The molecule has 1 unspecified atom stereocenters. The lowest BCUT2D eigenvalue weighted by Gasteiger charge is -2.34. The number of piperidine rings is 1. The second-order valence-electron chi connectivity index (χ2n) is 5.49. The molecule has 0 aromatic carbocycles. The van der Waals surface area contributed by atoms with Crippen LogP contribution in [0.1, 0.15) is 31.6 Å². The van der Waals surface area contributed by atoms with Crippen molar-refractivity contribution in [2.24, 2.45) is 0 Å². The zero-order valence-electron chi connectivity index (χ0n) is 12.4. The largest absolute Gasteiger partial charge is 0.419 e. The van der Waals surface area contributed by atoms with Gasteiger partial charge in [-0.15, -0.1) is 21.5 Å². The Kier molecular flexibility index (Phi) is 5.00. The van der Waals surface area contributed by atoms with Crippen molar-refractivity contribution in [3.05, 3.63) is 23.4 Å². The summed E-state index contributed by atoms with van der Waals surface area (Å²) in [6, 6.07) is 4.64. The van der Waals surface area contributed by atoms with Gasteiger partial charge in [-0.25, -0.2) is 0 Å². The molecule has 0 amide bonds. The van der Waals surface area contributed by atoms with Gasteiger partial charge in [0.25, 0.3) is 5.89 Å². The Hall–Kier alpha value is -1.24. The van der Waals surface area contributed by atoms with Gasteiger partial charge in [-0.05, 0) is 50.8 Å². The van der Waals surface area contributed by atoms with Crippen LogP contribution < -0.4 is 5.32 Å². The number of likely N-dealkylation sites (tertiary alicyclic amines) is 1. The van der Waals surface area contributed by atoms with E-state index in [1.807, 2.05) is 24.6 Å². The minimum absolute atomic E-state index is 0.628. The molecular weight excluding hydrogens is 284 g/mol. The number of hydrogen-bond donors (Lipinski definition) is 1. The molecule has 114 valence electrons. The Morgan fingerprint density at radius 1 is 1.43 bits per heavy atom. The van der Waals surface area contributed by atoms with E-state index in [0.717, 1.165) is 30.4 Å². The molecule has 0 bridgehead atoms. The molecular formula is C15H22N4OS. The molecule has 2 aromatic heterocycles.